The Morgan fingerprint density at radius 2 is 1.77 bits per heavy atom. The standard InChI is InChI=1S/C27H30N2O6/c1-27(25(31)32)11-6-12-29(27)24(30)17-13-18(34-15-17)14-28-26(33)35-16-23-21-9-4-2-7-19(21)20-8-3-5-10-22(20)23/h2-5,7-10,17-18,23H,6,11-16H2,1H3,(H,28,33)(H,31,32)/t17?,18?,27-/m0/s1. The van der Waals surface area contributed by atoms with Gasteiger partial charge in [0.05, 0.1) is 18.6 Å². The molecular weight excluding hydrogens is 448 g/mol. The number of aliphatic carboxylic acids is 1. The van der Waals surface area contributed by atoms with E-state index in [4.69, 9.17) is 9.47 Å². The molecule has 8 nitrogen and oxygen atoms in total. The van der Waals surface area contributed by atoms with Gasteiger partial charge in [-0.1, -0.05) is 48.5 Å². The second kappa shape index (κ2) is 9.34. The molecule has 2 saturated heterocycles. The van der Waals surface area contributed by atoms with Crippen molar-refractivity contribution in [3.05, 3.63) is 59.7 Å². The summed E-state index contributed by atoms with van der Waals surface area (Å²) in [5, 5.41) is 12.3. The third-order valence-corrected chi connectivity index (χ3v) is 7.62. The van der Waals surface area contributed by atoms with Gasteiger partial charge in [0.15, 0.2) is 0 Å². The first-order valence-corrected chi connectivity index (χ1v) is 12.1. The number of alkyl carbamates (subject to hydrolysis) is 1. The van der Waals surface area contributed by atoms with Crippen molar-refractivity contribution in [2.45, 2.75) is 43.7 Å². The summed E-state index contributed by atoms with van der Waals surface area (Å²) >= 11 is 0. The lowest BCUT2D eigenvalue weighted by Crippen LogP contribution is -2.52. The van der Waals surface area contributed by atoms with Crippen LogP contribution in [0.15, 0.2) is 48.5 Å². The van der Waals surface area contributed by atoms with Crippen LogP contribution in [-0.2, 0) is 19.1 Å². The summed E-state index contributed by atoms with van der Waals surface area (Å²) in [7, 11) is 0. The van der Waals surface area contributed by atoms with E-state index in [2.05, 4.69) is 29.6 Å². The quantitative estimate of drug-likeness (QED) is 0.659. The summed E-state index contributed by atoms with van der Waals surface area (Å²) in [6.07, 6.45) is 0.726. The van der Waals surface area contributed by atoms with E-state index < -0.39 is 23.5 Å². The molecule has 3 atom stereocenters. The predicted octanol–water partition coefficient (Wildman–Crippen LogP) is 3.40. The molecular formula is C27H30N2O6. The number of nitrogens with one attached hydrogen (secondary N) is 1. The minimum atomic E-state index is -1.16. The Hall–Kier alpha value is -3.39. The largest absolute Gasteiger partial charge is 0.480 e. The van der Waals surface area contributed by atoms with Crippen molar-refractivity contribution in [1.29, 1.82) is 0 Å². The van der Waals surface area contributed by atoms with Crippen molar-refractivity contribution >= 4 is 18.0 Å². The number of carbonyl (C=O) groups is 3. The summed E-state index contributed by atoms with van der Waals surface area (Å²) < 4.78 is 11.3. The van der Waals surface area contributed by atoms with E-state index in [1.807, 2.05) is 24.3 Å². The van der Waals surface area contributed by atoms with Gasteiger partial charge in [-0.05, 0) is 48.4 Å². The van der Waals surface area contributed by atoms with Crippen LogP contribution in [0, 0.1) is 5.92 Å². The molecule has 3 aliphatic rings. The van der Waals surface area contributed by atoms with Gasteiger partial charge in [-0.2, -0.15) is 0 Å². The van der Waals surface area contributed by atoms with Gasteiger partial charge in [0.25, 0.3) is 0 Å². The third kappa shape index (κ3) is 4.27. The summed E-state index contributed by atoms with van der Waals surface area (Å²) in [6.45, 7) is 2.74. The van der Waals surface area contributed by atoms with Gasteiger partial charge in [-0.3, -0.25) is 4.79 Å². The summed E-state index contributed by atoms with van der Waals surface area (Å²) in [6, 6.07) is 16.3. The van der Waals surface area contributed by atoms with Crippen LogP contribution in [0.4, 0.5) is 4.79 Å². The first-order valence-electron chi connectivity index (χ1n) is 12.1. The van der Waals surface area contributed by atoms with E-state index in [9.17, 15) is 19.5 Å². The highest BCUT2D eigenvalue weighted by Gasteiger charge is 2.48. The average molecular weight is 479 g/mol. The molecule has 184 valence electrons. The van der Waals surface area contributed by atoms with Gasteiger partial charge in [0.2, 0.25) is 5.91 Å². The van der Waals surface area contributed by atoms with Crippen LogP contribution in [0.5, 0.6) is 0 Å². The Bertz CT molecular complexity index is 1100. The molecule has 2 N–H and O–H groups in total. The molecule has 2 unspecified atom stereocenters. The number of carboxylic acids is 1. The minimum Gasteiger partial charge on any atom is -0.480 e. The van der Waals surface area contributed by atoms with E-state index in [0.717, 1.165) is 11.1 Å². The van der Waals surface area contributed by atoms with E-state index >= 15 is 0 Å². The number of carboxylic acid groups (broad SMARTS) is 1. The Labute approximate surface area is 204 Å². The maximum Gasteiger partial charge on any atom is 0.407 e. The number of hydrogen-bond donors (Lipinski definition) is 2. The maximum atomic E-state index is 13.0. The highest BCUT2D eigenvalue weighted by Crippen LogP contribution is 2.44. The second-order valence-corrected chi connectivity index (χ2v) is 9.77. The lowest BCUT2D eigenvalue weighted by Gasteiger charge is -2.32. The minimum absolute atomic E-state index is 0.0121. The zero-order chi connectivity index (χ0) is 24.6. The SMILES string of the molecule is C[C@@]1(C(=O)O)CCCN1C(=O)C1COC(CNC(=O)OCC2c3ccccc3-c3ccccc32)C1. The highest BCUT2D eigenvalue weighted by molar-refractivity contribution is 5.88. The Balaban J connectivity index is 1.12. The molecule has 1 aliphatic carbocycles. The van der Waals surface area contributed by atoms with Gasteiger partial charge in [-0.25, -0.2) is 9.59 Å². The number of nitrogens with zero attached hydrogens (tertiary/aromatic N) is 1. The number of benzene rings is 2. The molecule has 2 fully saturated rings. The topological polar surface area (TPSA) is 105 Å². The molecule has 2 heterocycles. The summed E-state index contributed by atoms with van der Waals surface area (Å²) in [5.41, 5.74) is 3.48. The first-order chi connectivity index (χ1) is 16.9. The third-order valence-electron chi connectivity index (χ3n) is 7.62. The van der Waals surface area contributed by atoms with Crippen molar-refractivity contribution in [1.82, 2.24) is 10.2 Å². The molecule has 35 heavy (non-hydrogen) atoms. The molecule has 5 rings (SSSR count). The smallest absolute Gasteiger partial charge is 0.407 e. The predicted molar refractivity (Wildman–Crippen MR) is 128 cm³/mol. The molecule has 0 aromatic heterocycles. The number of carbonyl (C=O) groups excluding carboxylic acids is 2. The van der Waals surface area contributed by atoms with Gasteiger partial charge in [0, 0.05) is 19.0 Å². The van der Waals surface area contributed by atoms with Crippen molar-refractivity contribution < 1.29 is 29.0 Å². The fourth-order valence-electron chi connectivity index (χ4n) is 5.63. The van der Waals surface area contributed by atoms with Gasteiger partial charge < -0.3 is 24.8 Å². The lowest BCUT2D eigenvalue weighted by atomic mass is 9.96. The molecule has 2 amide bonds. The number of likely N-dealkylation sites (tertiary alicyclic amines) is 1. The van der Waals surface area contributed by atoms with E-state index in [1.165, 1.54) is 16.0 Å². The van der Waals surface area contributed by atoms with Crippen LogP contribution in [0.1, 0.15) is 43.2 Å². The van der Waals surface area contributed by atoms with Crippen molar-refractivity contribution in [3.63, 3.8) is 0 Å². The molecule has 2 aromatic carbocycles. The van der Waals surface area contributed by atoms with E-state index in [1.54, 1.807) is 6.92 Å². The van der Waals surface area contributed by atoms with E-state index in [0.29, 0.717) is 25.8 Å². The Morgan fingerprint density at radius 1 is 1.11 bits per heavy atom. The summed E-state index contributed by atoms with van der Waals surface area (Å²) in [4.78, 5) is 38.6. The van der Waals surface area contributed by atoms with Crippen molar-refractivity contribution in [2.24, 2.45) is 5.92 Å². The molecule has 2 aromatic rings. The van der Waals surface area contributed by atoms with Gasteiger partial charge in [-0.15, -0.1) is 0 Å². The Kier molecular flexibility index (Phi) is 6.23. The van der Waals surface area contributed by atoms with Gasteiger partial charge >= 0.3 is 12.1 Å². The number of fused-ring (bicyclic) bond motifs is 3. The monoisotopic (exact) mass is 478 g/mol. The van der Waals surface area contributed by atoms with Crippen LogP contribution in [0.3, 0.4) is 0 Å². The van der Waals surface area contributed by atoms with Crippen molar-refractivity contribution in [2.75, 3.05) is 26.3 Å². The Morgan fingerprint density at radius 3 is 2.43 bits per heavy atom. The fourth-order valence-corrected chi connectivity index (χ4v) is 5.63. The lowest BCUT2D eigenvalue weighted by molar-refractivity contribution is -0.157. The van der Waals surface area contributed by atoms with Gasteiger partial charge in [0.1, 0.15) is 12.1 Å². The fraction of sp³-hybridized carbons (Fsp3) is 0.444. The van der Waals surface area contributed by atoms with Crippen LogP contribution in [-0.4, -0.2) is 65.9 Å². The number of amides is 2. The molecule has 2 aliphatic heterocycles. The molecule has 0 saturated carbocycles. The zero-order valence-corrected chi connectivity index (χ0v) is 19.7. The van der Waals surface area contributed by atoms with Crippen molar-refractivity contribution in [3.8, 4) is 11.1 Å². The average Bonchev–Trinajstić information content (AvgIpc) is 3.57. The molecule has 0 bridgehead atoms. The normalized spacial score (nSPS) is 25.2. The molecule has 0 spiro atoms. The molecule has 8 heteroatoms. The number of ether oxygens (including phenoxy) is 2. The second-order valence-electron chi connectivity index (χ2n) is 9.77. The number of hydrogen-bond acceptors (Lipinski definition) is 5. The summed E-state index contributed by atoms with van der Waals surface area (Å²) in [5.74, 6) is -1.57. The number of rotatable bonds is 6. The van der Waals surface area contributed by atoms with Crippen LogP contribution >= 0.6 is 0 Å². The zero-order valence-electron chi connectivity index (χ0n) is 19.7. The van der Waals surface area contributed by atoms with Crippen LogP contribution in [0.25, 0.3) is 11.1 Å². The van der Waals surface area contributed by atoms with E-state index in [-0.39, 0.29) is 37.7 Å². The van der Waals surface area contributed by atoms with Crippen LogP contribution in [0.2, 0.25) is 0 Å². The first kappa shape index (κ1) is 23.4. The van der Waals surface area contributed by atoms with Crippen LogP contribution < -0.4 is 5.32 Å². The highest BCUT2D eigenvalue weighted by atomic mass is 16.5. The maximum absolute atomic E-state index is 13.0. The molecule has 0 radical (unpaired) electrons.